The van der Waals surface area contributed by atoms with Crippen LogP contribution < -0.4 is 0 Å². The Bertz CT molecular complexity index is 1130. The maximum absolute atomic E-state index is 14.3. The van der Waals surface area contributed by atoms with Crippen LogP contribution in [0.5, 0.6) is 0 Å². The highest BCUT2D eigenvalue weighted by Crippen LogP contribution is 2.30. The molecule has 3 heterocycles. The van der Waals surface area contributed by atoms with Crippen LogP contribution in [0.1, 0.15) is 11.3 Å². The van der Waals surface area contributed by atoms with Crippen molar-refractivity contribution in [3.05, 3.63) is 72.1 Å². The van der Waals surface area contributed by atoms with Crippen LogP contribution in [-0.4, -0.2) is 19.4 Å². The lowest BCUT2D eigenvalue weighted by atomic mass is 10.0. The smallest absolute Gasteiger partial charge is 0.284 e. The molecule has 0 amide bonds. The van der Waals surface area contributed by atoms with E-state index in [-0.39, 0.29) is 5.78 Å². The summed E-state index contributed by atoms with van der Waals surface area (Å²) in [5.41, 5.74) is 1.77. The van der Waals surface area contributed by atoms with Gasteiger partial charge in [-0.3, -0.25) is 9.38 Å². The zero-order valence-corrected chi connectivity index (χ0v) is 14.0. The number of pyridine rings is 1. The third kappa shape index (κ3) is 3.14. The minimum absolute atomic E-state index is 0.0841. The Kier molecular flexibility index (Phi) is 3.91. The normalized spacial score (nSPS) is 11.9. The van der Waals surface area contributed by atoms with E-state index >= 15 is 0 Å². The Morgan fingerprint density at radius 3 is 2.48 bits per heavy atom. The zero-order valence-electron chi connectivity index (χ0n) is 14.0. The molecular formula is C19H12F4N4. The molecule has 0 aliphatic heterocycles. The lowest BCUT2D eigenvalue weighted by Crippen LogP contribution is -2.09. The van der Waals surface area contributed by atoms with Crippen molar-refractivity contribution in [2.24, 2.45) is 0 Å². The van der Waals surface area contributed by atoms with Gasteiger partial charge < -0.3 is 0 Å². The summed E-state index contributed by atoms with van der Waals surface area (Å²) in [5, 5.41) is 0. The molecule has 0 saturated heterocycles. The first kappa shape index (κ1) is 17.1. The van der Waals surface area contributed by atoms with E-state index < -0.39 is 17.7 Å². The maximum atomic E-state index is 14.3. The van der Waals surface area contributed by atoms with Gasteiger partial charge in [0.1, 0.15) is 11.5 Å². The molecule has 0 aliphatic carbocycles. The molecule has 8 heteroatoms. The molecule has 4 rings (SSSR count). The molecule has 0 fully saturated rings. The molecule has 136 valence electrons. The summed E-state index contributed by atoms with van der Waals surface area (Å²) >= 11 is 0. The van der Waals surface area contributed by atoms with E-state index in [2.05, 4.69) is 15.0 Å². The molecule has 1 aromatic carbocycles. The number of aromatic nitrogens is 4. The van der Waals surface area contributed by atoms with Gasteiger partial charge in [-0.05, 0) is 42.8 Å². The molecule has 0 spiro atoms. The number of benzene rings is 1. The zero-order chi connectivity index (χ0) is 19.2. The minimum atomic E-state index is -4.55. The fourth-order valence-electron chi connectivity index (χ4n) is 2.75. The summed E-state index contributed by atoms with van der Waals surface area (Å²) in [5.74, 6) is -0.527. The van der Waals surface area contributed by atoms with Crippen molar-refractivity contribution < 1.29 is 17.6 Å². The highest BCUT2D eigenvalue weighted by atomic mass is 19.4. The molecule has 0 bridgehead atoms. The van der Waals surface area contributed by atoms with Gasteiger partial charge >= 0.3 is 6.18 Å². The van der Waals surface area contributed by atoms with E-state index in [1.165, 1.54) is 28.9 Å². The second-order valence-electron chi connectivity index (χ2n) is 6.04. The maximum Gasteiger partial charge on any atom is 0.433 e. The average Bonchev–Trinajstić information content (AvgIpc) is 3.05. The Morgan fingerprint density at radius 2 is 1.78 bits per heavy atom. The third-order valence-electron chi connectivity index (χ3n) is 4.12. The van der Waals surface area contributed by atoms with Gasteiger partial charge in [0, 0.05) is 23.5 Å². The first-order valence-corrected chi connectivity index (χ1v) is 7.97. The number of hydrogen-bond acceptors (Lipinski definition) is 3. The van der Waals surface area contributed by atoms with Gasteiger partial charge in [0.05, 0.1) is 17.6 Å². The van der Waals surface area contributed by atoms with Crippen molar-refractivity contribution in [1.29, 1.82) is 0 Å². The number of nitrogens with zero attached hydrogens (tertiary/aromatic N) is 4. The predicted octanol–water partition coefficient (Wildman–Crippen LogP) is 4.92. The first-order chi connectivity index (χ1) is 12.8. The Morgan fingerprint density at radius 1 is 0.963 bits per heavy atom. The van der Waals surface area contributed by atoms with Crippen LogP contribution in [0.25, 0.3) is 28.3 Å². The second-order valence-corrected chi connectivity index (χ2v) is 6.04. The fraction of sp³-hybridized carbons (Fsp3) is 0.105. The van der Waals surface area contributed by atoms with Crippen molar-refractivity contribution in [1.82, 2.24) is 19.4 Å². The van der Waals surface area contributed by atoms with Crippen molar-refractivity contribution >= 4 is 5.78 Å². The first-order valence-electron chi connectivity index (χ1n) is 7.97. The van der Waals surface area contributed by atoms with Gasteiger partial charge in [0.15, 0.2) is 0 Å². The number of fused-ring (bicyclic) bond motifs is 1. The molecule has 0 aliphatic rings. The molecule has 4 aromatic rings. The van der Waals surface area contributed by atoms with E-state index in [9.17, 15) is 17.6 Å². The van der Waals surface area contributed by atoms with Crippen molar-refractivity contribution in [2.45, 2.75) is 13.1 Å². The number of alkyl halides is 3. The minimum Gasteiger partial charge on any atom is -0.284 e. The van der Waals surface area contributed by atoms with Crippen LogP contribution in [-0.2, 0) is 6.18 Å². The average molecular weight is 372 g/mol. The lowest BCUT2D eigenvalue weighted by molar-refractivity contribution is -0.141. The molecule has 4 nitrogen and oxygen atoms in total. The highest BCUT2D eigenvalue weighted by Gasteiger charge is 2.33. The molecular weight excluding hydrogens is 360 g/mol. The molecule has 0 saturated carbocycles. The van der Waals surface area contributed by atoms with E-state index in [0.717, 1.165) is 11.6 Å². The van der Waals surface area contributed by atoms with Crippen LogP contribution in [0.4, 0.5) is 17.6 Å². The van der Waals surface area contributed by atoms with Crippen molar-refractivity contribution in [3.63, 3.8) is 0 Å². The molecule has 3 aromatic heterocycles. The highest BCUT2D eigenvalue weighted by molar-refractivity contribution is 5.71. The number of halogens is 4. The van der Waals surface area contributed by atoms with E-state index in [1.807, 2.05) is 13.0 Å². The van der Waals surface area contributed by atoms with E-state index in [4.69, 9.17) is 0 Å². The van der Waals surface area contributed by atoms with E-state index in [1.54, 1.807) is 18.3 Å². The number of imidazole rings is 1. The van der Waals surface area contributed by atoms with Gasteiger partial charge in [0.2, 0.25) is 5.78 Å². The molecule has 0 unspecified atom stereocenters. The monoisotopic (exact) mass is 372 g/mol. The third-order valence-corrected chi connectivity index (χ3v) is 4.12. The standard InChI is InChI=1S/C19H12F4N4/c1-11-2-5-15(24-9-11)13-8-12(3-4-14(13)20)16-10-25-18-26-17(19(21,22)23)6-7-27(16)18/h2-10H,1H3. The van der Waals surface area contributed by atoms with Crippen LogP contribution in [0.2, 0.25) is 0 Å². The lowest BCUT2D eigenvalue weighted by Gasteiger charge is -2.08. The Balaban J connectivity index is 1.82. The summed E-state index contributed by atoms with van der Waals surface area (Å²) < 4.78 is 54.2. The summed E-state index contributed by atoms with van der Waals surface area (Å²) in [6.45, 7) is 1.88. The molecule has 0 atom stereocenters. The van der Waals surface area contributed by atoms with Crippen LogP contribution in [0.3, 0.4) is 0 Å². The summed E-state index contributed by atoms with van der Waals surface area (Å²) in [6.07, 6.45) is -0.255. The van der Waals surface area contributed by atoms with Crippen LogP contribution in [0, 0.1) is 12.7 Å². The number of rotatable bonds is 2. The summed E-state index contributed by atoms with van der Waals surface area (Å²) in [6, 6.07) is 8.84. The van der Waals surface area contributed by atoms with Gasteiger partial charge in [0.25, 0.3) is 0 Å². The molecule has 0 radical (unpaired) electrons. The number of hydrogen-bond donors (Lipinski definition) is 0. The SMILES string of the molecule is Cc1ccc(-c2cc(-c3cnc4nc(C(F)(F)F)ccn34)ccc2F)nc1. The van der Waals surface area contributed by atoms with Gasteiger partial charge in [-0.2, -0.15) is 13.2 Å². The van der Waals surface area contributed by atoms with Gasteiger partial charge in [-0.25, -0.2) is 14.4 Å². The fourth-order valence-corrected chi connectivity index (χ4v) is 2.75. The number of aryl methyl sites for hydroxylation is 1. The second kappa shape index (κ2) is 6.15. The Hall–Kier alpha value is -3.29. The predicted molar refractivity (Wildman–Crippen MR) is 91.4 cm³/mol. The topological polar surface area (TPSA) is 43.1 Å². The summed E-state index contributed by atoms with van der Waals surface area (Å²) in [7, 11) is 0. The van der Waals surface area contributed by atoms with Gasteiger partial charge in [-0.15, -0.1) is 0 Å². The summed E-state index contributed by atoms with van der Waals surface area (Å²) in [4.78, 5) is 11.7. The van der Waals surface area contributed by atoms with Crippen LogP contribution in [0.15, 0.2) is 55.0 Å². The largest absolute Gasteiger partial charge is 0.433 e. The quantitative estimate of drug-likeness (QED) is 0.469. The van der Waals surface area contributed by atoms with Crippen LogP contribution >= 0.6 is 0 Å². The van der Waals surface area contributed by atoms with Crippen molar-refractivity contribution in [3.8, 4) is 22.5 Å². The Labute approximate surface area is 151 Å². The molecule has 0 N–H and O–H groups in total. The van der Waals surface area contributed by atoms with Crippen molar-refractivity contribution in [2.75, 3.05) is 0 Å². The van der Waals surface area contributed by atoms with E-state index in [0.29, 0.717) is 22.5 Å². The molecule has 27 heavy (non-hydrogen) atoms. The van der Waals surface area contributed by atoms with Gasteiger partial charge in [-0.1, -0.05) is 6.07 Å².